The van der Waals surface area contributed by atoms with Gasteiger partial charge in [-0.1, -0.05) is 52.6 Å². The number of amides is 1. The number of rotatable bonds is 8. The quantitative estimate of drug-likeness (QED) is 0.355. The Hall–Kier alpha value is -3.20. The normalized spacial score (nSPS) is 16.2. The largest absolute Gasteiger partial charge is 0.352 e. The number of carbonyl (C=O) groups is 1. The second kappa shape index (κ2) is 11.2. The Balaban J connectivity index is 1.14. The van der Waals surface area contributed by atoms with Crippen LogP contribution in [-0.2, 0) is 24.4 Å². The third-order valence-corrected chi connectivity index (χ3v) is 6.81. The topological polar surface area (TPSA) is 89.1 Å². The molecule has 1 fully saturated rings. The zero-order valence-corrected chi connectivity index (χ0v) is 21.1. The van der Waals surface area contributed by atoms with Crippen molar-refractivity contribution in [2.24, 2.45) is 5.92 Å². The second-order valence-electron chi connectivity index (χ2n) is 8.98. The summed E-state index contributed by atoms with van der Waals surface area (Å²) >= 11 is 12.2. The molecule has 1 amide bonds. The van der Waals surface area contributed by atoms with Crippen LogP contribution in [0.4, 0.5) is 0 Å². The summed E-state index contributed by atoms with van der Waals surface area (Å²) in [6.07, 6.45) is 7.29. The van der Waals surface area contributed by atoms with Gasteiger partial charge in [0.05, 0.1) is 23.8 Å². The maximum Gasteiger partial charge on any atom is 0.241 e. The van der Waals surface area contributed by atoms with Gasteiger partial charge < -0.3 is 14.4 Å². The lowest BCUT2D eigenvalue weighted by molar-refractivity contribution is -0.127. The molecule has 0 spiro atoms. The van der Waals surface area contributed by atoms with E-state index in [9.17, 15) is 4.79 Å². The van der Waals surface area contributed by atoms with E-state index in [0.29, 0.717) is 47.0 Å². The van der Waals surface area contributed by atoms with Crippen molar-refractivity contribution in [3.8, 4) is 11.4 Å². The Morgan fingerprint density at radius 2 is 2.03 bits per heavy atom. The Kier molecular flexibility index (Phi) is 7.65. The Morgan fingerprint density at radius 1 is 1.14 bits per heavy atom. The summed E-state index contributed by atoms with van der Waals surface area (Å²) in [6, 6.07) is 13.4. The number of piperidine rings is 1. The molecule has 8 nitrogen and oxygen atoms in total. The van der Waals surface area contributed by atoms with Crippen molar-refractivity contribution in [3.05, 3.63) is 88.2 Å². The molecule has 0 radical (unpaired) electrons. The molecule has 1 atom stereocenters. The van der Waals surface area contributed by atoms with Gasteiger partial charge in [-0.05, 0) is 48.7 Å². The Morgan fingerprint density at radius 3 is 2.86 bits per heavy atom. The number of carbonyl (C=O) groups excluding carboxylic acids is 1. The lowest BCUT2D eigenvalue weighted by atomic mass is 9.97. The molecule has 3 heterocycles. The number of likely N-dealkylation sites (tertiary alicyclic amines) is 1. The molecule has 0 bridgehead atoms. The summed E-state index contributed by atoms with van der Waals surface area (Å²) in [5.41, 5.74) is 2.91. The third-order valence-electron chi connectivity index (χ3n) is 6.26. The molecule has 0 saturated carbocycles. The van der Waals surface area contributed by atoms with E-state index in [2.05, 4.69) is 37.5 Å². The van der Waals surface area contributed by atoms with Crippen molar-refractivity contribution in [3.63, 3.8) is 0 Å². The van der Waals surface area contributed by atoms with Crippen LogP contribution < -0.4 is 5.32 Å². The van der Waals surface area contributed by atoms with Crippen LogP contribution in [0.25, 0.3) is 11.4 Å². The molecule has 1 unspecified atom stereocenters. The fourth-order valence-corrected chi connectivity index (χ4v) is 4.96. The maximum absolute atomic E-state index is 12.9. The molecule has 2 aromatic carbocycles. The number of imidazole rings is 1. The van der Waals surface area contributed by atoms with Gasteiger partial charge in [0.15, 0.2) is 0 Å². The smallest absolute Gasteiger partial charge is 0.241 e. The summed E-state index contributed by atoms with van der Waals surface area (Å²) in [5, 5.41) is 8.20. The fourth-order valence-electron chi connectivity index (χ4n) is 4.47. The molecule has 36 heavy (non-hydrogen) atoms. The molecule has 5 rings (SSSR count). The molecule has 1 N–H and O–H groups in total. The summed E-state index contributed by atoms with van der Waals surface area (Å²) in [5.74, 6) is 0.903. The number of halogens is 2. The molecule has 186 valence electrons. The number of hydrogen-bond acceptors (Lipinski definition) is 6. The number of aromatic nitrogens is 4. The highest BCUT2D eigenvalue weighted by Crippen LogP contribution is 2.28. The highest BCUT2D eigenvalue weighted by atomic mass is 35.5. The first-order valence-electron chi connectivity index (χ1n) is 11.8. The summed E-state index contributed by atoms with van der Waals surface area (Å²) < 4.78 is 7.47. The SMILES string of the molecule is O=C(NCc1cccc(Cn2ccnc2)c1)C1CCCN(Cc2nc(-c3ccc(Cl)cc3Cl)no2)C1. The highest BCUT2D eigenvalue weighted by molar-refractivity contribution is 6.36. The predicted octanol–water partition coefficient (Wildman–Crippen LogP) is 4.82. The number of nitrogens with zero attached hydrogens (tertiary/aromatic N) is 5. The Labute approximate surface area is 219 Å². The van der Waals surface area contributed by atoms with Crippen LogP contribution in [0.1, 0.15) is 29.9 Å². The van der Waals surface area contributed by atoms with Crippen LogP contribution in [0.15, 0.2) is 65.7 Å². The fraction of sp³-hybridized carbons (Fsp3) is 0.308. The average molecular weight is 525 g/mol. The van der Waals surface area contributed by atoms with Crippen LogP contribution in [-0.4, -0.2) is 43.6 Å². The van der Waals surface area contributed by atoms with Crippen LogP contribution in [0.3, 0.4) is 0 Å². The summed E-state index contributed by atoms with van der Waals surface area (Å²) in [4.78, 5) is 23.7. The highest BCUT2D eigenvalue weighted by Gasteiger charge is 2.27. The molecular formula is C26H26Cl2N6O2. The zero-order valence-electron chi connectivity index (χ0n) is 19.6. The van der Waals surface area contributed by atoms with Crippen LogP contribution in [0, 0.1) is 5.92 Å². The standard InChI is InChI=1S/C26H26Cl2N6O2/c27-21-6-7-22(23(28)12-21)25-31-24(36-32-25)16-33-9-2-5-20(15-33)26(35)30-13-18-3-1-4-19(11-18)14-34-10-8-29-17-34/h1,3-4,6-8,10-12,17,20H,2,5,9,13-16H2,(H,30,35). The monoisotopic (exact) mass is 524 g/mol. The van der Waals surface area contributed by atoms with Gasteiger partial charge in [-0.15, -0.1) is 0 Å². The minimum atomic E-state index is -0.0824. The molecule has 1 aliphatic rings. The van der Waals surface area contributed by atoms with Crippen molar-refractivity contribution in [2.75, 3.05) is 13.1 Å². The van der Waals surface area contributed by atoms with Crippen molar-refractivity contribution in [1.82, 2.24) is 29.9 Å². The Bertz CT molecular complexity index is 1320. The molecule has 1 aliphatic heterocycles. The first-order chi connectivity index (χ1) is 17.5. The van der Waals surface area contributed by atoms with Gasteiger partial charge in [0.2, 0.25) is 17.6 Å². The number of nitrogens with one attached hydrogen (secondary N) is 1. The predicted molar refractivity (Wildman–Crippen MR) is 137 cm³/mol. The van der Waals surface area contributed by atoms with Crippen LogP contribution in [0.2, 0.25) is 10.0 Å². The summed E-state index contributed by atoms with van der Waals surface area (Å²) in [6.45, 7) is 3.26. The van der Waals surface area contributed by atoms with Crippen molar-refractivity contribution in [1.29, 1.82) is 0 Å². The summed E-state index contributed by atoms with van der Waals surface area (Å²) in [7, 11) is 0. The van der Waals surface area contributed by atoms with Gasteiger partial charge in [0.25, 0.3) is 0 Å². The first kappa shape index (κ1) is 24.5. The van der Waals surface area contributed by atoms with E-state index in [1.165, 1.54) is 5.56 Å². The minimum Gasteiger partial charge on any atom is -0.352 e. The van der Waals surface area contributed by atoms with Crippen molar-refractivity contribution < 1.29 is 9.32 Å². The maximum atomic E-state index is 12.9. The van der Waals surface area contributed by atoms with Gasteiger partial charge in [-0.3, -0.25) is 9.69 Å². The molecular weight excluding hydrogens is 499 g/mol. The molecule has 10 heteroatoms. The van der Waals surface area contributed by atoms with Crippen molar-refractivity contribution in [2.45, 2.75) is 32.5 Å². The minimum absolute atomic E-state index is 0.0684. The number of hydrogen-bond donors (Lipinski definition) is 1. The van der Waals surface area contributed by atoms with E-state index in [1.807, 2.05) is 22.9 Å². The van der Waals surface area contributed by atoms with Crippen LogP contribution in [0.5, 0.6) is 0 Å². The van der Waals surface area contributed by atoms with E-state index < -0.39 is 0 Å². The second-order valence-corrected chi connectivity index (χ2v) is 9.83. The van der Waals surface area contributed by atoms with Crippen molar-refractivity contribution >= 4 is 29.1 Å². The van der Waals surface area contributed by atoms with Crippen LogP contribution >= 0.6 is 23.2 Å². The molecule has 0 aliphatic carbocycles. The zero-order chi connectivity index (χ0) is 24.9. The molecule has 1 saturated heterocycles. The first-order valence-corrected chi connectivity index (χ1v) is 12.6. The third kappa shape index (κ3) is 6.13. The molecule has 2 aromatic heterocycles. The van der Waals surface area contributed by atoms with E-state index in [0.717, 1.165) is 31.5 Å². The lowest BCUT2D eigenvalue weighted by Gasteiger charge is -2.30. The number of benzene rings is 2. The van der Waals surface area contributed by atoms with E-state index >= 15 is 0 Å². The van der Waals surface area contributed by atoms with Gasteiger partial charge >= 0.3 is 0 Å². The van der Waals surface area contributed by atoms with Gasteiger partial charge in [0, 0.05) is 42.6 Å². The lowest BCUT2D eigenvalue weighted by Crippen LogP contribution is -2.42. The molecule has 4 aromatic rings. The van der Waals surface area contributed by atoms with E-state index in [1.54, 1.807) is 30.7 Å². The van der Waals surface area contributed by atoms with Gasteiger partial charge in [-0.25, -0.2) is 4.98 Å². The van der Waals surface area contributed by atoms with Gasteiger partial charge in [0.1, 0.15) is 0 Å². The van der Waals surface area contributed by atoms with Gasteiger partial charge in [-0.2, -0.15) is 4.98 Å². The van der Waals surface area contributed by atoms with E-state index in [-0.39, 0.29) is 11.8 Å². The van der Waals surface area contributed by atoms with E-state index in [4.69, 9.17) is 27.7 Å². The average Bonchev–Trinajstić information content (AvgIpc) is 3.55.